The quantitative estimate of drug-likeness (QED) is 0.250. The van der Waals surface area contributed by atoms with E-state index >= 15 is 0 Å². The maximum absolute atomic E-state index is 5.26. The van der Waals surface area contributed by atoms with Crippen LogP contribution in [-0.2, 0) is 9.47 Å². The summed E-state index contributed by atoms with van der Waals surface area (Å²) < 4.78 is 10.4. The Morgan fingerprint density at radius 1 is 1.26 bits per heavy atom. The molecule has 1 aromatic carbocycles. The zero-order chi connectivity index (χ0) is 13.9. The van der Waals surface area contributed by atoms with Crippen LogP contribution in [0.15, 0.2) is 36.9 Å². The van der Waals surface area contributed by atoms with Gasteiger partial charge in [-0.25, -0.2) is 0 Å². The van der Waals surface area contributed by atoms with Gasteiger partial charge in [-0.15, -0.1) is 12.1 Å². The second-order valence-corrected chi connectivity index (χ2v) is 6.62. The highest BCUT2D eigenvalue weighted by atomic mass is 28.3. The van der Waals surface area contributed by atoms with Crippen LogP contribution in [0.4, 0.5) is 0 Å². The van der Waals surface area contributed by atoms with Gasteiger partial charge in [0.25, 0.3) is 0 Å². The molecule has 0 aliphatic rings. The Kier molecular flexibility index (Phi) is 7.91. The fourth-order valence-electron chi connectivity index (χ4n) is 1.55. The van der Waals surface area contributed by atoms with Gasteiger partial charge < -0.3 is 9.47 Å². The SMILES string of the molecule is C=CCOCOCC#C[Si](CC)c1ccc(C)cc1. The molecule has 0 bridgehead atoms. The lowest BCUT2D eigenvalue weighted by molar-refractivity contribution is -0.0312. The molecule has 0 aliphatic heterocycles. The van der Waals surface area contributed by atoms with Gasteiger partial charge in [-0.3, -0.25) is 0 Å². The number of aryl methyl sites for hydroxylation is 1. The van der Waals surface area contributed by atoms with E-state index in [9.17, 15) is 0 Å². The molecule has 0 saturated heterocycles. The summed E-state index contributed by atoms with van der Waals surface area (Å²) in [6.45, 7) is 9.08. The molecular weight excluding hydrogens is 252 g/mol. The molecule has 0 atom stereocenters. The molecule has 3 heteroatoms. The van der Waals surface area contributed by atoms with Crippen molar-refractivity contribution in [2.24, 2.45) is 0 Å². The molecule has 0 fully saturated rings. The van der Waals surface area contributed by atoms with Gasteiger partial charge in [0.2, 0.25) is 0 Å². The first kappa shape index (κ1) is 15.7. The monoisotopic (exact) mass is 273 g/mol. The Hall–Kier alpha value is -1.34. The van der Waals surface area contributed by atoms with Gasteiger partial charge in [-0.05, 0) is 18.2 Å². The van der Waals surface area contributed by atoms with Crippen LogP contribution < -0.4 is 5.19 Å². The summed E-state index contributed by atoms with van der Waals surface area (Å²) in [6.07, 6.45) is 1.70. The van der Waals surface area contributed by atoms with E-state index in [0.29, 0.717) is 13.2 Å². The number of ether oxygens (including phenoxy) is 2. The summed E-state index contributed by atoms with van der Waals surface area (Å²) in [4.78, 5) is 0. The van der Waals surface area contributed by atoms with Crippen LogP contribution in [-0.4, -0.2) is 28.8 Å². The number of hydrogen-bond acceptors (Lipinski definition) is 2. The molecule has 1 radical (unpaired) electrons. The van der Waals surface area contributed by atoms with Crippen molar-refractivity contribution in [2.75, 3.05) is 20.0 Å². The second kappa shape index (κ2) is 9.57. The third-order valence-electron chi connectivity index (χ3n) is 2.57. The Morgan fingerprint density at radius 3 is 2.63 bits per heavy atom. The molecule has 0 aromatic heterocycles. The van der Waals surface area contributed by atoms with Crippen molar-refractivity contribution >= 4 is 14.0 Å². The molecule has 101 valence electrons. The Labute approximate surface area is 118 Å². The summed E-state index contributed by atoms with van der Waals surface area (Å²) in [5.74, 6) is 3.09. The molecule has 1 aromatic rings. The average molecular weight is 273 g/mol. The van der Waals surface area contributed by atoms with Crippen LogP contribution >= 0.6 is 0 Å². The van der Waals surface area contributed by atoms with E-state index in [1.807, 2.05) is 0 Å². The van der Waals surface area contributed by atoms with E-state index in [4.69, 9.17) is 9.47 Å². The predicted molar refractivity (Wildman–Crippen MR) is 81.8 cm³/mol. The smallest absolute Gasteiger partial charge is 0.178 e. The van der Waals surface area contributed by atoms with Crippen molar-refractivity contribution in [1.29, 1.82) is 0 Å². The minimum atomic E-state index is -0.773. The minimum absolute atomic E-state index is 0.277. The Morgan fingerprint density at radius 2 is 2.00 bits per heavy atom. The maximum Gasteiger partial charge on any atom is 0.178 e. The Bertz CT molecular complexity index is 428. The van der Waals surface area contributed by atoms with E-state index in [1.54, 1.807) is 6.08 Å². The van der Waals surface area contributed by atoms with Crippen LogP contribution in [0.2, 0.25) is 6.04 Å². The highest BCUT2D eigenvalue weighted by Crippen LogP contribution is 1.97. The van der Waals surface area contributed by atoms with Crippen molar-refractivity contribution in [3.05, 3.63) is 42.5 Å². The molecule has 0 amide bonds. The molecule has 1 rings (SSSR count). The first-order valence-corrected chi connectivity index (χ1v) is 8.16. The molecule has 0 saturated carbocycles. The van der Waals surface area contributed by atoms with Crippen molar-refractivity contribution in [3.63, 3.8) is 0 Å². The average Bonchev–Trinajstić information content (AvgIpc) is 2.43. The van der Waals surface area contributed by atoms with Crippen LogP contribution in [0, 0.1) is 18.4 Å². The van der Waals surface area contributed by atoms with E-state index in [0.717, 1.165) is 6.04 Å². The number of benzene rings is 1. The third kappa shape index (κ3) is 6.39. The Balaban J connectivity index is 2.40. The van der Waals surface area contributed by atoms with Gasteiger partial charge in [-0.2, -0.15) is 0 Å². The summed E-state index contributed by atoms with van der Waals surface area (Å²) in [5.41, 5.74) is 4.64. The van der Waals surface area contributed by atoms with Crippen LogP contribution in [0.3, 0.4) is 0 Å². The third-order valence-corrected chi connectivity index (χ3v) is 4.79. The van der Waals surface area contributed by atoms with Crippen molar-refractivity contribution in [2.45, 2.75) is 19.9 Å². The summed E-state index contributed by atoms with van der Waals surface area (Å²) in [5, 5.41) is 1.37. The number of rotatable bonds is 7. The van der Waals surface area contributed by atoms with Gasteiger partial charge in [-0.1, -0.05) is 48.7 Å². The molecule has 0 N–H and O–H groups in total. The number of hydrogen-bond donors (Lipinski definition) is 0. The van der Waals surface area contributed by atoms with Crippen molar-refractivity contribution in [1.82, 2.24) is 0 Å². The maximum atomic E-state index is 5.26. The standard InChI is InChI=1S/C16H21O2Si/c1-4-11-17-14-18-12-6-13-19(5-2)16-9-7-15(3)8-10-16/h4,7-10H,1,5,11-12,14H2,2-3H3. The van der Waals surface area contributed by atoms with Gasteiger partial charge in [0.05, 0.1) is 6.61 Å². The summed E-state index contributed by atoms with van der Waals surface area (Å²) >= 11 is 0. The van der Waals surface area contributed by atoms with E-state index < -0.39 is 8.80 Å². The predicted octanol–water partition coefficient (Wildman–Crippen LogP) is 2.44. The van der Waals surface area contributed by atoms with Crippen LogP contribution in [0.5, 0.6) is 0 Å². The van der Waals surface area contributed by atoms with E-state index in [1.165, 1.54) is 10.8 Å². The van der Waals surface area contributed by atoms with Gasteiger partial charge >= 0.3 is 0 Å². The lowest BCUT2D eigenvalue weighted by atomic mass is 10.2. The molecule has 2 nitrogen and oxygen atoms in total. The van der Waals surface area contributed by atoms with Crippen molar-refractivity contribution < 1.29 is 9.47 Å². The molecule has 0 heterocycles. The van der Waals surface area contributed by atoms with E-state index in [2.05, 4.69) is 56.2 Å². The van der Waals surface area contributed by atoms with Crippen LogP contribution in [0.25, 0.3) is 0 Å². The topological polar surface area (TPSA) is 18.5 Å². The first-order valence-electron chi connectivity index (χ1n) is 6.46. The normalized spacial score (nSPS) is 10.1. The molecular formula is C16H21O2Si. The first-order chi connectivity index (χ1) is 9.27. The molecule has 0 unspecified atom stereocenters. The molecule has 0 aliphatic carbocycles. The molecule has 19 heavy (non-hydrogen) atoms. The van der Waals surface area contributed by atoms with Gasteiger partial charge in [0, 0.05) is 0 Å². The summed E-state index contributed by atoms with van der Waals surface area (Å²) in [6, 6.07) is 9.79. The fourth-order valence-corrected chi connectivity index (χ4v) is 3.13. The van der Waals surface area contributed by atoms with E-state index in [-0.39, 0.29) is 6.79 Å². The van der Waals surface area contributed by atoms with Crippen LogP contribution in [0.1, 0.15) is 12.5 Å². The second-order valence-electron chi connectivity index (χ2n) is 4.13. The molecule has 0 spiro atoms. The minimum Gasteiger partial charge on any atom is -0.351 e. The zero-order valence-electron chi connectivity index (χ0n) is 11.7. The highest BCUT2D eigenvalue weighted by Gasteiger charge is 2.08. The lowest BCUT2D eigenvalue weighted by Crippen LogP contribution is -2.27. The lowest BCUT2D eigenvalue weighted by Gasteiger charge is -2.05. The van der Waals surface area contributed by atoms with Gasteiger partial charge in [0.15, 0.2) is 8.80 Å². The zero-order valence-corrected chi connectivity index (χ0v) is 12.7. The fraction of sp³-hybridized carbons (Fsp3) is 0.375. The summed E-state index contributed by atoms with van der Waals surface area (Å²) in [7, 11) is -0.773. The van der Waals surface area contributed by atoms with Gasteiger partial charge in [0.1, 0.15) is 13.4 Å². The van der Waals surface area contributed by atoms with Crippen molar-refractivity contribution in [3.8, 4) is 11.5 Å². The highest BCUT2D eigenvalue weighted by molar-refractivity contribution is 6.80. The largest absolute Gasteiger partial charge is 0.351 e.